The molecule has 0 spiro atoms. The van der Waals surface area contributed by atoms with Gasteiger partial charge in [0.15, 0.2) is 0 Å². The Kier molecular flexibility index (Phi) is 5.49. The molecule has 5 nitrogen and oxygen atoms in total. The van der Waals surface area contributed by atoms with Crippen molar-refractivity contribution in [3.8, 4) is 0 Å². The summed E-state index contributed by atoms with van der Waals surface area (Å²) in [6.45, 7) is 3.14. The van der Waals surface area contributed by atoms with Gasteiger partial charge in [-0.3, -0.25) is 4.79 Å². The van der Waals surface area contributed by atoms with Gasteiger partial charge in [-0.2, -0.15) is 5.10 Å². The zero-order chi connectivity index (χ0) is 20.2. The fourth-order valence-electron chi connectivity index (χ4n) is 3.49. The number of amides is 1. The van der Waals surface area contributed by atoms with Gasteiger partial charge in [-0.05, 0) is 42.8 Å². The number of hydrogen-bond donors (Lipinski definition) is 2. The molecule has 0 unspecified atom stereocenters. The first-order valence-electron chi connectivity index (χ1n) is 9.48. The van der Waals surface area contributed by atoms with Gasteiger partial charge in [0.1, 0.15) is 0 Å². The van der Waals surface area contributed by atoms with E-state index in [4.69, 9.17) is 11.6 Å². The fraction of sp³-hybridized carbons (Fsp3) is 0.130. The molecule has 1 aromatic heterocycles. The van der Waals surface area contributed by atoms with Crippen molar-refractivity contribution in [3.63, 3.8) is 0 Å². The van der Waals surface area contributed by atoms with E-state index in [-0.39, 0.29) is 12.5 Å². The maximum absolute atomic E-state index is 12.0. The average Bonchev–Trinajstić information content (AvgIpc) is 3.06. The van der Waals surface area contributed by atoms with E-state index in [2.05, 4.69) is 63.7 Å². The first-order valence-corrected chi connectivity index (χ1v) is 9.86. The highest BCUT2D eigenvalue weighted by Gasteiger charge is 2.09. The maximum Gasteiger partial charge on any atom is 0.259 e. The summed E-state index contributed by atoms with van der Waals surface area (Å²) in [4.78, 5) is 12.0. The zero-order valence-electron chi connectivity index (χ0n) is 16.0. The zero-order valence-corrected chi connectivity index (χ0v) is 16.8. The number of hydrogen-bond acceptors (Lipinski definition) is 3. The quantitative estimate of drug-likeness (QED) is 0.350. The van der Waals surface area contributed by atoms with E-state index < -0.39 is 0 Å². The first-order chi connectivity index (χ1) is 14.2. The van der Waals surface area contributed by atoms with Crippen molar-refractivity contribution in [1.82, 2.24) is 9.99 Å². The van der Waals surface area contributed by atoms with Gasteiger partial charge < -0.3 is 9.88 Å². The molecule has 0 atom stereocenters. The van der Waals surface area contributed by atoms with E-state index in [1.54, 1.807) is 12.3 Å². The number of fused-ring (bicyclic) bond motifs is 3. The number of carbonyl (C=O) groups is 1. The summed E-state index contributed by atoms with van der Waals surface area (Å²) in [6.07, 6.45) is 1.66. The van der Waals surface area contributed by atoms with Crippen molar-refractivity contribution < 1.29 is 4.79 Å². The van der Waals surface area contributed by atoms with Crippen LogP contribution in [0, 0.1) is 0 Å². The normalized spacial score (nSPS) is 11.4. The molecule has 0 bridgehead atoms. The Bertz CT molecular complexity index is 1210. The number of halogens is 1. The molecule has 0 aliphatic carbocycles. The van der Waals surface area contributed by atoms with Crippen molar-refractivity contribution >= 4 is 51.2 Å². The molecule has 2 N–H and O–H groups in total. The topological polar surface area (TPSA) is 58.4 Å². The van der Waals surface area contributed by atoms with E-state index >= 15 is 0 Å². The van der Waals surface area contributed by atoms with E-state index in [9.17, 15) is 4.79 Å². The smallest absolute Gasteiger partial charge is 0.259 e. The molecule has 1 heterocycles. The van der Waals surface area contributed by atoms with Crippen LogP contribution in [0.2, 0.25) is 5.02 Å². The van der Waals surface area contributed by atoms with Gasteiger partial charge >= 0.3 is 0 Å². The molecular weight excluding hydrogens is 384 g/mol. The van der Waals surface area contributed by atoms with Crippen molar-refractivity contribution in [3.05, 3.63) is 77.3 Å². The van der Waals surface area contributed by atoms with Crippen LogP contribution in [0.5, 0.6) is 0 Å². The Labute approximate surface area is 174 Å². The summed E-state index contributed by atoms with van der Waals surface area (Å²) in [5.41, 5.74) is 6.60. The number of aryl methyl sites for hydroxylation is 1. The fourth-order valence-corrected chi connectivity index (χ4v) is 3.69. The van der Waals surface area contributed by atoms with E-state index in [1.165, 1.54) is 21.8 Å². The number of aromatic nitrogens is 1. The van der Waals surface area contributed by atoms with Crippen LogP contribution in [0.4, 0.5) is 5.69 Å². The summed E-state index contributed by atoms with van der Waals surface area (Å²) in [5, 5.41) is 10.0. The second kappa shape index (κ2) is 8.37. The predicted molar refractivity (Wildman–Crippen MR) is 121 cm³/mol. The Morgan fingerprint density at radius 3 is 2.62 bits per heavy atom. The van der Waals surface area contributed by atoms with Crippen LogP contribution in [-0.4, -0.2) is 23.2 Å². The minimum Gasteiger partial charge on any atom is -0.375 e. The molecule has 0 saturated carbocycles. The molecule has 0 fully saturated rings. The van der Waals surface area contributed by atoms with Crippen molar-refractivity contribution in [2.45, 2.75) is 13.5 Å². The number of hydrazone groups is 1. The highest BCUT2D eigenvalue weighted by atomic mass is 35.5. The molecule has 29 heavy (non-hydrogen) atoms. The molecule has 1 amide bonds. The minimum absolute atomic E-state index is 0.0874. The Hall–Kier alpha value is -3.31. The molecule has 0 aliphatic heterocycles. The van der Waals surface area contributed by atoms with Gasteiger partial charge in [-0.15, -0.1) is 0 Å². The van der Waals surface area contributed by atoms with Crippen LogP contribution in [0.1, 0.15) is 12.5 Å². The standard InChI is InChI=1S/C23H21ClN4O/c1-2-28-21-10-6-3-7-17(21)18-13-16(11-12-22(18)28)14-26-27-23(29)15-25-20-9-5-4-8-19(20)24/h3-14,25H,2,15H2,1H3,(H,27,29). The van der Waals surface area contributed by atoms with E-state index in [0.717, 1.165) is 12.1 Å². The Balaban J connectivity index is 1.46. The van der Waals surface area contributed by atoms with Crippen molar-refractivity contribution in [2.24, 2.45) is 5.10 Å². The van der Waals surface area contributed by atoms with E-state index in [1.807, 2.05) is 24.3 Å². The summed E-state index contributed by atoms with van der Waals surface area (Å²) in [7, 11) is 0. The second-order valence-corrected chi connectivity index (χ2v) is 7.07. The lowest BCUT2D eigenvalue weighted by Gasteiger charge is -2.06. The average molecular weight is 405 g/mol. The molecule has 6 heteroatoms. The first kappa shape index (κ1) is 19.0. The van der Waals surface area contributed by atoms with Gasteiger partial charge in [-0.1, -0.05) is 48.0 Å². The lowest BCUT2D eigenvalue weighted by atomic mass is 10.1. The number of rotatable bonds is 6. The summed E-state index contributed by atoms with van der Waals surface area (Å²) < 4.78 is 2.30. The summed E-state index contributed by atoms with van der Waals surface area (Å²) in [5.74, 6) is -0.246. The van der Waals surface area contributed by atoms with Crippen LogP contribution >= 0.6 is 11.6 Å². The van der Waals surface area contributed by atoms with E-state index in [0.29, 0.717) is 10.7 Å². The highest BCUT2D eigenvalue weighted by molar-refractivity contribution is 6.33. The monoisotopic (exact) mass is 404 g/mol. The van der Waals surface area contributed by atoms with Gasteiger partial charge in [0.2, 0.25) is 0 Å². The van der Waals surface area contributed by atoms with Crippen LogP contribution in [0.3, 0.4) is 0 Å². The molecule has 0 saturated heterocycles. The molecule has 3 aromatic carbocycles. The molecule has 146 valence electrons. The molecule has 4 rings (SSSR count). The molecule has 0 radical (unpaired) electrons. The Morgan fingerprint density at radius 1 is 1.03 bits per heavy atom. The van der Waals surface area contributed by atoms with Gasteiger partial charge in [0.25, 0.3) is 5.91 Å². The maximum atomic E-state index is 12.0. The highest BCUT2D eigenvalue weighted by Crippen LogP contribution is 2.29. The number of para-hydroxylation sites is 2. The molecule has 4 aromatic rings. The number of benzene rings is 3. The number of carbonyl (C=O) groups excluding carboxylic acids is 1. The number of anilines is 1. The van der Waals surface area contributed by atoms with Crippen LogP contribution < -0.4 is 10.7 Å². The Morgan fingerprint density at radius 2 is 1.79 bits per heavy atom. The second-order valence-electron chi connectivity index (χ2n) is 6.66. The number of nitrogens with one attached hydrogen (secondary N) is 2. The largest absolute Gasteiger partial charge is 0.375 e. The van der Waals surface area contributed by atoms with Crippen molar-refractivity contribution in [2.75, 3.05) is 11.9 Å². The lowest BCUT2D eigenvalue weighted by Crippen LogP contribution is -2.25. The summed E-state index contributed by atoms with van der Waals surface area (Å²) >= 11 is 6.07. The van der Waals surface area contributed by atoms with Gasteiger partial charge in [0, 0.05) is 28.4 Å². The van der Waals surface area contributed by atoms with Gasteiger partial charge in [0.05, 0.1) is 23.5 Å². The van der Waals surface area contributed by atoms with Crippen LogP contribution in [0.15, 0.2) is 71.8 Å². The third kappa shape index (κ3) is 3.96. The van der Waals surface area contributed by atoms with Crippen LogP contribution in [-0.2, 0) is 11.3 Å². The predicted octanol–water partition coefficient (Wildman–Crippen LogP) is 5.03. The van der Waals surface area contributed by atoms with Crippen LogP contribution in [0.25, 0.3) is 21.8 Å². The minimum atomic E-state index is -0.246. The third-order valence-corrected chi connectivity index (χ3v) is 5.16. The SMILES string of the molecule is CCn1c2ccccc2c2cc(C=NNC(=O)CNc3ccccc3Cl)ccc21. The lowest BCUT2D eigenvalue weighted by molar-refractivity contribution is -0.119. The molecule has 0 aliphatic rings. The summed E-state index contributed by atoms with van der Waals surface area (Å²) in [6, 6.07) is 21.9. The third-order valence-electron chi connectivity index (χ3n) is 4.83. The van der Waals surface area contributed by atoms with Gasteiger partial charge in [-0.25, -0.2) is 5.43 Å². The number of nitrogens with zero attached hydrogens (tertiary/aromatic N) is 2. The molecular formula is C23H21ClN4O. The van der Waals surface area contributed by atoms with Crippen molar-refractivity contribution in [1.29, 1.82) is 0 Å².